The molecule has 0 bridgehead atoms. The summed E-state index contributed by atoms with van der Waals surface area (Å²) in [4.78, 5) is 3.89. The molecule has 2 rings (SSSR count). The van der Waals surface area contributed by atoms with Crippen molar-refractivity contribution in [2.45, 2.75) is 24.9 Å². The first-order chi connectivity index (χ1) is 7.29. The largest absolute Gasteiger partial charge is 0.377 e. The smallest absolute Gasteiger partial charge is 0.141 e. The van der Waals surface area contributed by atoms with Gasteiger partial charge in [0.2, 0.25) is 0 Å². The maximum atomic E-state index is 13.0. The lowest BCUT2D eigenvalue weighted by Gasteiger charge is -2.28. The van der Waals surface area contributed by atoms with Gasteiger partial charge in [-0.2, -0.15) is 0 Å². The average molecular weight is 321 g/mol. The van der Waals surface area contributed by atoms with Crippen molar-refractivity contribution in [3.05, 3.63) is 29.8 Å². The van der Waals surface area contributed by atoms with E-state index in [2.05, 4.69) is 27.6 Å². The second-order valence-corrected chi connectivity index (χ2v) is 4.69. The minimum atomic E-state index is -0.245. The van der Waals surface area contributed by atoms with Gasteiger partial charge in [-0.25, -0.2) is 4.39 Å². The topological polar surface area (TPSA) is 22.1 Å². The fourth-order valence-corrected chi connectivity index (χ4v) is 2.56. The van der Waals surface area contributed by atoms with E-state index in [4.69, 9.17) is 4.74 Å². The molecule has 0 amide bonds. The molecule has 0 N–H and O–H groups in total. The van der Waals surface area contributed by atoms with Gasteiger partial charge in [0.15, 0.2) is 0 Å². The molecule has 0 aromatic carbocycles. The van der Waals surface area contributed by atoms with E-state index in [1.165, 1.54) is 6.20 Å². The highest BCUT2D eigenvalue weighted by Crippen LogP contribution is 2.30. The van der Waals surface area contributed by atoms with Crippen LogP contribution in [0.3, 0.4) is 0 Å². The van der Waals surface area contributed by atoms with Gasteiger partial charge < -0.3 is 4.74 Å². The Morgan fingerprint density at radius 1 is 1.53 bits per heavy atom. The normalized spacial score (nSPS) is 26.5. The summed E-state index contributed by atoms with van der Waals surface area (Å²) in [6, 6.07) is 1.59. The van der Waals surface area contributed by atoms with Crippen molar-refractivity contribution in [3.63, 3.8) is 0 Å². The zero-order valence-electron chi connectivity index (χ0n) is 8.33. The third-order valence-corrected chi connectivity index (χ3v) is 3.72. The van der Waals surface area contributed by atoms with Crippen LogP contribution in [0.2, 0.25) is 0 Å². The number of hydrogen-bond acceptors (Lipinski definition) is 2. The van der Waals surface area contributed by atoms with Crippen molar-refractivity contribution < 1.29 is 9.13 Å². The molecular weight excluding hydrogens is 308 g/mol. The Balaban J connectivity index is 2.09. The lowest BCUT2D eigenvalue weighted by atomic mass is 9.90. The molecule has 1 saturated heterocycles. The minimum absolute atomic E-state index is 0.245. The molecule has 2 heterocycles. The summed E-state index contributed by atoms with van der Waals surface area (Å²) in [6.45, 7) is 0.773. The lowest BCUT2D eigenvalue weighted by molar-refractivity contribution is 0.0232. The SMILES string of the molecule is Fc1cncc(C2CCOC(CI)C2)c1. The van der Waals surface area contributed by atoms with E-state index in [0.29, 0.717) is 12.0 Å². The van der Waals surface area contributed by atoms with Gasteiger partial charge in [0.1, 0.15) is 5.82 Å². The first-order valence-electron chi connectivity index (χ1n) is 5.07. The summed E-state index contributed by atoms with van der Waals surface area (Å²) in [7, 11) is 0. The van der Waals surface area contributed by atoms with E-state index >= 15 is 0 Å². The van der Waals surface area contributed by atoms with E-state index in [9.17, 15) is 4.39 Å². The second-order valence-electron chi connectivity index (χ2n) is 3.80. The fourth-order valence-electron chi connectivity index (χ4n) is 1.94. The maximum Gasteiger partial charge on any atom is 0.141 e. The monoisotopic (exact) mass is 321 g/mol. The number of hydrogen-bond donors (Lipinski definition) is 0. The summed E-state index contributed by atoms with van der Waals surface area (Å²) in [5, 5.41) is 0. The quantitative estimate of drug-likeness (QED) is 0.617. The molecule has 0 spiro atoms. The second kappa shape index (κ2) is 5.21. The molecule has 2 atom stereocenters. The molecular formula is C11H13FINO. The molecule has 1 aromatic rings. The lowest BCUT2D eigenvalue weighted by Crippen LogP contribution is -2.25. The van der Waals surface area contributed by atoms with Crippen molar-refractivity contribution in [2.75, 3.05) is 11.0 Å². The van der Waals surface area contributed by atoms with E-state index in [0.717, 1.165) is 29.4 Å². The molecule has 1 aromatic heterocycles. The van der Waals surface area contributed by atoms with Crippen LogP contribution >= 0.6 is 22.6 Å². The Labute approximate surface area is 102 Å². The summed E-state index contributed by atoms with van der Waals surface area (Å²) in [5.41, 5.74) is 1.01. The molecule has 82 valence electrons. The molecule has 2 nitrogen and oxygen atoms in total. The molecule has 0 radical (unpaired) electrons. The zero-order valence-corrected chi connectivity index (χ0v) is 10.5. The molecule has 1 fully saturated rings. The number of alkyl halides is 1. The van der Waals surface area contributed by atoms with Crippen molar-refractivity contribution in [3.8, 4) is 0 Å². The summed E-state index contributed by atoms with van der Waals surface area (Å²) in [5.74, 6) is 0.159. The molecule has 15 heavy (non-hydrogen) atoms. The van der Waals surface area contributed by atoms with Crippen molar-refractivity contribution in [2.24, 2.45) is 0 Å². The van der Waals surface area contributed by atoms with E-state index in [1.807, 2.05) is 0 Å². The Morgan fingerprint density at radius 2 is 2.40 bits per heavy atom. The van der Waals surface area contributed by atoms with Crippen LogP contribution in [0.15, 0.2) is 18.5 Å². The Morgan fingerprint density at radius 3 is 3.13 bits per heavy atom. The number of aromatic nitrogens is 1. The highest BCUT2D eigenvalue weighted by Gasteiger charge is 2.23. The summed E-state index contributed by atoms with van der Waals surface area (Å²) < 4.78 is 19.6. The van der Waals surface area contributed by atoms with Gasteiger partial charge in [-0.15, -0.1) is 0 Å². The molecule has 1 aliphatic rings. The Bertz CT molecular complexity index is 334. The van der Waals surface area contributed by atoms with Gasteiger partial charge in [0, 0.05) is 17.2 Å². The van der Waals surface area contributed by atoms with Gasteiger partial charge in [0.25, 0.3) is 0 Å². The van der Waals surface area contributed by atoms with Crippen LogP contribution in [-0.2, 0) is 4.74 Å². The van der Waals surface area contributed by atoms with Gasteiger partial charge in [-0.1, -0.05) is 22.6 Å². The van der Waals surface area contributed by atoms with Crippen LogP contribution in [0.4, 0.5) is 4.39 Å². The number of halogens is 2. The van der Waals surface area contributed by atoms with Crippen LogP contribution in [0, 0.1) is 5.82 Å². The minimum Gasteiger partial charge on any atom is -0.377 e. The Kier molecular flexibility index (Phi) is 3.91. The molecule has 0 aliphatic carbocycles. The van der Waals surface area contributed by atoms with E-state index < -0.39 is 0 Å². The molecule has 4 heteroatoms. The number of pyridine rings is 1. The first-order valence-corrected chi connectivity index (χ1v) is 6.60. The van der Waals surface area contributed by atoms with Crippen LogP contribution in [-0.4, -0.2) is 22.1 Å². The van der Waals surface area contributed by atoms with Gasteiger partial charge in [-0.3, -0.25) is 4.98 Å². The third-order valence-electron chi connectivity index (χ3n) is 2.74. The van der Waals surface area contributed by atoms with Crippen LogP contribution < -0.4 is 0 Å². The summed E-state index contributed by atoms with van der Waals surface area (Å²) in [6.07, 6.45) is 5.28. The van der Waals surface area contributed by atoms with Gasteiger partial charge in [0.05, 0.1) is 12.3 Å². The van der Waals surface area contributed by atoms with E-state index in [1.54, 1.807) is 12.3 Å². The average Bonchev–Trinajstić information content (AvgIpc) is 2.29. The highest BCUT2D eigenvalue weighted by atomic mass is 127. The number of ether oxygens (including phenoxy) is 1. The zero-order chi connectivity index (χ0) is 10.7. The number of rotatable bonds is 2. The molecule has 0 saturated carbocycles. The molecule has 1 aliphatic heterocycles. The molecule has 2 unspecified atom stereocenters. The summed E-state index contributed by atoms with van der Waals surface area (Å²) >= 11 is 2.33. The van der Waals surface area contributed by atoms with Gasteiger partial charge >= 0.3 is 0 Å². The highest BCUT2D eigenvalue weighted by molar-refractivity contribution is 14.1. The van der Waals surface area contributed by atoms with Crippen LogP contribution in [0.1, 0.15) is 24.3 Å². The predicted molar refractivity (Wildman–Crippen MR) is 64.8 cm³/mol. The first kappa shape index (κ1) is 11.3. The number of nitrogens with zero attached hydrogens (tertiary/aromatic N) is 1. The Hall–Kier alpha value is -0.230. The fraction of sp³-hybridized carbons (Fsp3) is 0.545. The van der Waals surface area contributed by atoms with E-state index in [-0.39, 0.29) is 5.82 Å². The van der Waals surface area contributed by atoms with Crippen LogP contribution in [0.25, 0.3) is 0 Å². The predicted octanol–water partition coefficient (Wildman–Crippen LogP) is 2.92. The van der Waals surface area contributed by atoms with Crippen LogP contribution in [0.5, 0.6) is 0 Å². The van der Waals surface area contributed by atoms with Gasteiger partial charge in [-0.05, 0) is 30.4 Å². The van der Waals surface area contributed by atoms with Crippen molar-refractivity contribution >= 4 is 22.6 Å². The maximum absolute atomic E-state index is 13.0. The third kappa shape index (κ3) is 2.87. The van der Waals surface area contributed by atoms with Crippen molar-refractivity contribution in [1.82, 2.24) is 4.98 Å². The standard InChI is InChI=1S/C11H13FINO/c12-10-3-9(6-14-7-10)8-1-2-15-11(4-8)5-13/h3,6-8,11H,1-2,4-5H2. The van der Waals surface area contributed by atoms with Crippen molar-refractivity contribution in [1.29, 1.82) is 0 Å².